The first kappa shape index (κ1) is 20.1. The van der Waals surface area contributed by atoms with E-state index in [4.69, 9.17) is 0 Å². The second kappa shape index (κ2) is 8.26. The van der Waals surface area contributed by atoms with Crippen molar-refractivity contribution in [1.29, 1.82) is 0 Å². The molecule has 1 fully saturated rings. The fourth-order valence-corrected chi connectivity index (χ4v) is 4.14. The standard InChI is InChI=1S/C23H27N5O2/c1-4-21(29)26-18-6-7-19(12-18)28(3)23(30)22-24-13-17(14-25-22)15-5-8-20-16(11-15)9-10-27(20)2/h5,8-11,13-14,18-19H,4,6-7,12H2,1-3H3,(H,26,29). The van der Waals surface area contributed by atoms with Gasteiger partial charge in [0.05, 0.1) is 0 Å². The Balaban J connectivity index is 1.44. The predicted molar refractivity (Wildman–Crippen MR) is 116 cm³/mol. The molecule has 156 valence electrons. The van der Waals surface area contributed by atoms with Gasteiger partial charge in [0.1, 0.15) is 0 Å². The quantitative estimate of drug-likeness (QED) is 0.707. The van der Waals surface area contributed by atoms with Gasteiger partial charge in [-0.1, -0.05) is 13.0 Å². The van der Waals surface area contributed by atoms with Crippen molar-refractivity contribution in [2.45, 2.75) is 44.7 Å². The summed E-state index contributed by atoms with van der Waals surface area (Å²) in [6.07, 6.45) is 8.44. The maximum absolute atomic E-state index is 12.9. The summed E-state index contributed by atoms with van der Waals surface area (Å²) in [5.41, 5.74) is 3.06. The van der Waals surface area contributed by atoms with Crippen LogP contribution in [0.4, 0.5) is 0 Å². The third kappa shape index (κ3) is 3.92. The molecule has 0 spiro atoms. The van der Waals surface area contributed by atoms with Crippen molar-refractivity contribution >= 4 is 22.7 Å². The Morgan fingerprint density at radius 3 is 2.67 bits per heavy atom. The van der Waals surface area contributed by atoms with E-state index < -0.39 is 0 Å². The van der Waals surface area contributed by atoms with Gasteiger partial charge in [0.2, 0.25) is 11.7 Å². The monoisotopic (exact) mass is 405 g/mol. The number of nitrogens with zero attached hydrogens (tertiary/aromatic N) is 4. The van der Waals surface area contributed by atoms with Gasteiger partial charge in [0, 0.05) is 67.7 Å². The van der Waals surface area contributed by atoms with E-state index in [1.807, 2.05) is 26.2 Å². The van der Waals surface area contributed by atoms with Gasteiger partial charge in [-0.25, -0.2) is 9.97 Å². The number of benzene rings is 1. The molecule has 0 aliphatic heterocycles. The molecule has 0 bridgehead atoms. The van der Waals surface area contributed by atoms with Gasteiger partial charge in [0.25, 0.3) is 5.91 Å². The number of hydrogen-bond acceptors (Lipinski definition) is 4. The van der Waals surface area contributed by atoms with E-state index in [0.29, 0.717) is 6.42 Å². The lowest BCUT2D eigenvalue weighted by molar-refractivity contribution is -0.121. The van der Waals surface area contributed by atoms with Gasteiger partial charge in [-0.3, -0.25) is 9.59 Å². The summed E-state index contributed by atoms with van der Waals surface area (Å²) in [4.78, 5) is 34.8. The van der Waals surface area contributed by atoms with Crippen molar-refractivity contribution in [2.75, 3.05) is 7.05 Å². The number of amides is 2. The predicted octanol–water partition coefficient (Wildman–Crippen LogP) is 3.15. The first-order chi connectivity index (χ1) is 14.5. The molecule has 2 heterocycles. The van der Waals surface area contributed by atoms with Crippen LogP contribution in [0.5, 0.6) is 0 Å². The van der Waals surface area contributed by atoms with Crippen LogP contribution in [0.1, 0.15) is 43.2 Å². The Labute approximate surface area is 176 Å². The fourth-order valence-electron chi connectivity index (χ4n) is 4.14. The SMILES string of the molecule is CCC(=O)NC1CCC(N(C)C(=O)c2ncc(-c3ccc4c(ccn4C)c3)cn2)C1. The molecule has 7 heteroatoms. The maximum Gasteiger partial charge on any atom is 0.291 e. The molecule has 0 radical (unpaired) electrons. The highest BCUT2D eigenvalue weighted by atomic mass is 16.2. The van der Waals surface area contributed by atoms with Gasteiger partial charge in [-0.15, -0.1) is 0 Å². The van der Waals surface area contributed by atoms with Crippen molar-refractivity contribution in [2.24, 2.45) is 7.05 Å². The van der Waals surface area contributed by atoms with Crippen LogP contribution in [0.3, 0.4) is 0 Å². The average Bonchev–Trinajstić information content (AvgIpc) is 3.39. The van der Waals surface area contributed by atoms with Crippen molar-refractivity contribution in [3.8, 4) is 11.1 Å². The summed E-state index contributed by atoms with van der Waals surface area (Å²) in [6.45, 7) is 1.84. The second-order valence-corrected chi connectivity index (χ2v) is 8.00. The van der Waals surface area contributed by atoms with E-state index in [2.05, 4.69) is 38.1 Å². The van der Waals surface area contributed by atoms with Crippen LogP contribution in [0, 0.1) is 0 Å². The number of carbonyl (C=O) groups is 2. The molecule has 2 unspecified atom stereocenters. The highest BCUT2D eigenvalue weighted by Crippen LogP contribution is 2.26. The molecule has 7 nitrogen and oxygen atoms in total. The average molecular weight is 406 g/mol. The van der Waals surface area contributed by atoms with E-state index in [-0.39, 0.29) is 29.7 Å². The van der Waals surface area contributed by atoms with Gasteiger partial charge in [0.15, 0.2) is 0 Å². The minimum absolute atomic E-state index is 0.0576. The van der Waals surface area contributed by atoms with Crippen LogP contribution >= 0.6 is 0 Å². The highest BCUT2D eigenvalue weighted by molar-refractivity contribution is 5.91. The van der Waals surface area contributed by atoms with Gasteiger partial charge >= 0.3 is 0 Å². The molecule has 2 atom stereocenters. The lowest BCUT2D eigenvalue weighted by Crippen LogP contribution is -2.38. The lowest BCUT2D eigenvalue weighted by atomic mass is 10.1. The van der Waals surface area contributed by atoms with Gasteiger partial charge < -0.3 is 14.8 Å². The van der Waals surface area contributed by atoms with Crippen LogP contribution in [0.25, 0.3) is 22.0 Å². The topological polar surface area (TPSA) is 80.1 Å². The zero-order chi connectivity index (χ0) is 21.3. The zero-order valence-corrected chi connectivity index (χ0v) is 17.6. The smallest absolute Gasteiger partial charge is 0.291 e. The normalized spacial score (nSPS) is 18.5. The molecule has 1 aromatic carbocycles. The summed E-state index contributed by atoms with van der Waals surface area (Å²) < 4.78 is 2.08. The molecular weight excluding hydrogens is 378 g/mol. The van der Waals surface area contributed by atoms with E-state index in [9.17, 15) is 9.59 Å². The number of aromatic nitrogens is 3. The molecule has 1 N–H and O–H groups in total. The molecular formula is C23H27N5O2. The van der Waals surface area contributed by atoms with Crippen molar-refractivity contribution < 1.29 is 9.59 Å². The summed E-state index contributed by atoms with van der Waals surface area (Å²) in [6, 6.07) is 8.51. The molecule has 4 rings (SSSR count). The first-order valence-electron chi connectivity index (χ1n) is 10.4. The highest BCUT2D eigenvalue weighted by Gasteiger charge is 2.31. The first-order valence-corrected chi connectivity index (χ1v) is 10.4. The Hall–Kier alpha value is -3.22. The van der Waals surface area contributed by atoms with Crippen molar-refractivity contribution in [3.05, 3.63) is 48.7 Å². The second-order valence-electron chi connectivity index (χ2n) is 8.00. The Kier molecular flexibility index (Phi) is 5.53. The maximum atomic E-state index is 12.9. The van der Waals surface area contributed by atoms with Crippen LogP contribution in [0.2, 0.25) is 0 Å². The van der Waals surface area contributed by atoms with E-state index in [1.165, 1.54) is 0 Å². The van der Waals surface area contributed by atoms with Crippen LogP contribution < -0.4 is 5.32 Å². The molecule has 1 aliphatic rings. The summed E-state index contributed by atoms with van der Waals surface area (Å²) in [5.74, 6) is 0.0675. The number of nitrogens with one attached hydrogen (secondary N) is 1. The summed E-state index contributed by atoms with van der Waals surface area (Å²) in [7, 11) is 3.81. The van der Waals surface area contributed by atoms with Crippen molar-refractivity contribution in [3.63, 3.8) is 0 Å². The molecule has 1 aliphatic carbocycles. The third-order valence-electron chi connectivity index (χ3n) is 6.02. The summed E-state index contributed by atoms with van der Waals surface area (Å²) >= 11 is 0. The number of aryl methyl sites for hydroxylation is 1. The number of rotatable bonds is 5. The Morgan fingerprint density at radius 1 is 1.17 bits per heavy atom. The zero-order valence-electron chi connectivity index (χ0n) is 17.6. The van der Waals surface area contributed by atoms with Gasteiger partial charge in [-0.05, 0) is 43.0 Å². The van der Waals surface area contributed by atoms with E-state index in [0.717, 1.165) is 41.3 Å². The number of carbonyl (C=O) groups excluding carboxylic acids is 2. The van der Waals surface area contributed by atoms with E-state index >= 15 is 0 Å². The molecule has 30 heavy (non-hydrogen) atoms. The minimum Gasteiger partial charge on any atom is -0.353 e. The van der Waals surface area contributed by atoms with Crippen LogP contribution in [0.15, 0.2) is 42.9 Å². The largest absolute Gasteiger partial charge is 0.353 e. The summed E-state index contributed by atoms with van der Waals surface area (Å²) in [5, 5.41) is 4.18. The number of hydrogen-bond donors (Lipinski definition) is 1. The van der Waals surface area contributed by atoms with E-state index in [1.54, 1.807) is 24.3 Å². The molecule has 2 amide bonds. The lowest BCUT2D eigenvalue weighted by Gasteiger charge is -2.24. The van der Waals surface area contributed by atoms with Crippen molar-refractivity contribution in [1.82, 2.24) is 24.8 Å². The molecule has 1 saturated carbocycles. The molecule has 3 aromatic rings. The van der Waals surface area contributed by atoms with Gasteiger partial charge in [-0.2, -0.15) is 0 Å². The Bertz CT molecular complexity index is 1070. The third-order valence-corrected chi connectivity index (χ3v) is 6.02. The Morgan fingerprint density at radius 2 is 1.93 bits per heavy atom. The van der Waals surface area contributed by atoms with Crippen LogP contribution in [-0.4, -0.2) is 50.4 Å². The minimum atomic E-state index is -0.187. The number of fused-ring (bicyclic) bond motifs is 1. The molecule has 0 saturated heterocycles. The van der Waals surface area contributed by atoms with Crippen LogP contribution in [-0.2, 0) is 11.8 Å². The fraction of sp³-hybridized carbons (Fsp3) is 0.391. The molecule has 2 aromatic heterocycles.